The highest BCUT2D eigenvalue weighted by Crippen LogP contribution is 2.24. The molecule has 1 atom stereocenters. The Bertz CT molecular complexity index is 1100. The number of hydrogen-bond acceptors (Lipinski definition) is 5. The predicted octanol–water partition coefficient (Wildman–Crippen LogP) is 2.45. The summed E-state index contributed by atoms with van der Waals surface area (Å²) in [5.41, 5.74) is 3.83. The zero-order valence-electron chi connectivity index (χ0n) is 19.4. The SMILES string of the molecule is CCc1ccc(C(=O)NCC(C)N2CCc3ccccc3C2)cc1S(=O)(=O)N1CCOCC1. The number of morpholine rings is 1. The molecule has 0 spiro atoms. The Kier molecular flexibility index (Phi) is 7.48. The highest BCUT2D eigenvalue weighted by atomic mass is 32.2. The van der Waals surface area contributed by atoms with Crippen LogP contribution in [0.4, 0.5) is 0 Å². The van der Waals surface area contributed by atoms with Crippen molar-refractivity contribution in [1.29, 1.82) is 0 Å². The third-order valence-electron chi connectivity index (χ3n) is 6.64. The highest BCUT2D eigenvalue weighted by molar-refractivity contribution is 7.89. The second kappa shape index (κ2) is 10.3. The van der Waals surface area contributed by atoms with Crippen LogP contribution in [0.15, 0.2) is 47.4 Å². The van der Waals surface area contributed by atoms with Gasteiger partial charge < -0.3 is 10.1 Å². The Morgan fingerprint density at radius 3 is 2.55 bits per heavy atom. The summed E-state index contributed by atoms with van der Waals surface area (Å²) < 4.78 is 33.2. The minimum absolute atomic E-state index is 0.175. The summed E-state index contributed by atoms with van der Waals surface area (Å²) >= 11 is 0. The lowest BCUT2D eigenvalue weighted by Crippen LogP contribution is -2.44. The number of ether oxygens (including phenoxy) is 1. The zero-order chi connectivity index (χ0) is 23.4. The molecule has 0 bridgehead atoms. The van der Waals surface area contributed by atoms with E-state index in [1.165, 1.54) is 21.5 Å². The van der Waals surface area contributed by atoms with Gasteiger partial charge in [-0.15, -0.1) is 0 Å². The van der Waals surface area contributed by atoms with Crippen LogP contribution in [-0.4, -0.2) is 69.0 Å². The third kappa shape index (κ3) is 5.30. The maximum atomic E-state index is 13.2. The van der Waals surface area contributed by atoms with Gasteiger partial charge in [0.1, 0.15) is 0 Å². The van der Waals surface area contributed by atoms with E-state index in [1.807, 2.05) is 6.92 Å². The molecule has 2 aliphatic rings. The zero-order valence-corrected chi connectivity index (χ0v) is 20.2. The van der Waals surface area contributed by atoms with Crippen molar-refractivity contribution < 1.29 is 17.9 Å². The van der Waals surface area contributed by atoms with Crippen LogP contribution >= 0.6 is 0 Å². The van der Waals surface area contributed by atoms with Crippen molar-refractivity contribution in [2.24, 2.45) is 0 Å². The van der Waals surface area contributed by atoms with Crippen molar-refractivity contribution in [2.75, 3.05) is 39.4 Å². The van der Waals surface area contributed by atoms with E-state index in [1.54, 1.807) is 12.1 Å². The van der Waals surface area contributed by atoms with Crippen molar-refractivity contribution in [3.63, 3.8) is 0 Å². The largest absolute Gasteiger partial charge is 0.379 e. The summed E-state index contributed by atoms with van der Waals surface area (Å²) in [6.07, 6.45) is 1.59. The molecule has 2 heterocycles. The number of nitrogens with zero attached hydrogens (tertiary/aromatic N) is 2. The first-order valence-corrected chi connectivity index (χ1v) is 13.1. The lowest BCUT2D eigenvalue weighted by Gasteiger charge is -2.33. The standard InChI is InChI=1S/C25H33N3O4S/c1-3-20-8-9-22(16-24(20)33(30,31)28-12-14-32-15-13-28)25(29)26-17-19(2)27-11-10-21-6-4-5-7-23(21)18-27/h4-9,16,19H,3,10-15,17-18H2,1-2H3,(H,26,29). The minimum Gasteiger partial charge on any atom is -0.379 e. The fraction of sp³-hybridized carbons (Fsp3) is 0.480. The van der Waals surface area contributed by atoms with E-state index < -0.39 is 10.0 Å². The van der Waals surface area contributed by atoms with Gasteiger partial charge in [-0.1, -0.05) is 37.3 Å². The van der Waals surface area contributed by atoms with E-state index >= 15 is 0 Å². The molecular formula is C25H33N3O4S. The first kappa shape index (κ1) is 23.9. The molecule has 0 saturated carbocycles. The lowest BCUT2D eigenvalue weighted by atomic mass is 9.99. The van der Waals surface area contributed by atoms with Crippen LogP contribution in [0.2, 0.25) is 0 Å². The normalized spacial score (nSPS) is 18.5. The molecule has 1 fully saturated rings. The maximum Gasteiger partial charge on any atom is 0.251 e. The summed E-state index contributed by atoms with van der Waals surface area (Å²) in [7, 11) is -3.67. The molecule has 8 heteroatoms. The second-order valence-electron chi connectivity index (χ2n) is 8.74. The van der Waals surface area contributed by atoms with Gasteiger partial charge >= 0.3 is 0 Å². The molecule has 1 saturated heterocycles. The smallest absolute Gasteiger partial charge is 0.251 e. The Balaban J connectivity index is 1.43. The molecule has 33 heavy (non-hydrogen) atoms. The Morgan fingerprint density at radius 1 is 1.09 bits per heavy atom. The van der Waals surface area contributed by atoms with Gasteiger partial charge in [0.15, 0.2) is 0 Å². The van der Waals surface area contributed by atoms with Crippen molar-refractivity contribution >= 4 is 15.9 Å². The maximum absolute atomic E-state index is 13.2. The number of aryl methyl sites for hydroxylation is 1. The molecule has 1 N–H and O–H groups in total. The van der Waals surface area contributed by atoms with Gasteiger partial charge in [0.2, 0.25) is 10.0 Å². The molecule has 1 unspecified atom stereocenters. The van der Waals surface area contributed by atoms with Crippen molar-refractivity contribution in [2.45, 2.75) is 44.2 Å². The van der Waals surface area contributed by atoms with Gasteiger partial charge in [-0.2, -0.15) is 4.31 Å². The van der Waals surface area contributed by atoms with Gasteiger partial charge in [0.05, 0.1) is 18.1 Å². The van der Waals surface area contributed by atoms with Gasteiger partial charge in [0, 0.05) is 44.3 Å². The molecule has 2 aromatic carbocycles. The van der Waals surface area contributed by atoms with Crippen LogP contribution in [0, 0.1) is 0 Å². The van der Waals surface area contributed by atoms with E-state index in [0.717, 1.165) is 25.1 Å². The van der Waals surface area contributed by atoms with Gasteiger partial charge in [0.25, 0.3) is 5.91 Å². The molecule has 0 radical (unpaired) electrons. The first-order valence-electron chi connectivity index (χ1n) is 11.7. The molecule has 0 aliphatic carbocycles. The van der Waals surface area contributed by atoms with Crippen LogP contribution in [0.3, 0.4) is 0 Å². The first-order chi connectivity index (χ1) is 15.9. The van der Waals surface area contributed by atoms with Gasteiger partial charge in [-0.3, -0.25) is 9.69 Å². The fourth-order valence-electron chi connectivity index (χ4n) is 4.52. The van der Waals surface area contributed by atoms with Crippen molar-refractivity contribution in [1.82, 2.24) is 14.5 Å². The Hall–Kier alpha value is -2.26. The quantitative estimate of drug-likeness (QED) is 0.671. The number of carbonyl (C=O) groups excluding carboxylic acids is 1. The summed E-state index contributed by atoms with van der Waals surface area (Å²) in [6.45, 7) is 7.81. The van der Waals surface area contributed by atoms with E-state index in [4.69, 9.17) is 4.74 Å². The highest BCUT2D eigenvalue weighted by Gasteiger charge is 2.29. The number of hydrogen-bond donors (Lipinski definition) is 1. The number of fused-ring (bicyclic) bond motifs is 1. The average Bonchev–Trinajstić information content (AvgIpc) is 2.86. The summed E-state index contributed by atoms with van der Waals surface area (Å²) in [5, 5.41) is 3.01. The topological polar surface area (TPSA) is 79.0 Å². The number of amides is 1. The van der Waals surface area contributed by atoms with Crippen molar-refractivity contribution in [3.05, 3.63) is 64.7 Å². The molecule has 4 rings (SSSR count). The van der Waals surface area contributed by atoms with Crippen LogP contribution in [0.5, 0.6) is 0 Å². The Labute approximate surface area is 196 Å². The second-order valence-corrected chi connectivity index (χ2v) is 10.6. The van der Waals surface area contributed by atoms with E-state index in [9.17, 15) is 13.2 Å². The van der Waals surface area contributed by atoms with Gasteiger partial charge in [-0.05, 0) is 48.6 Å². The number of nitrogens with one attached hydrogen (secondary N) is 1. The van der Waals surface area contributed by atoms with Crippen LogP contribution in [0.1, 0.15) is 40.9 Å². The molecule has 1 amide bonds. The summed E-state index contributed by atoms with van der Waals surface area (Å²) in [6, 6.07) is 13.7. The fourth-order valence-corrected chi connectivity index (χ4v) is 6.25. The monoisotopic (exact) mass is 471 g/mol. The summed E-state index contributed by atoms with van der Waals surface area (Å²) in [5.74, 6) is -0.250. The average molecular weight is 472 g/mol. The summed E-state index contributed by atoms with van der Waals surface area (Å²) in [4.78, 5) is 15.5. The molecule has 2 aliphatic heterocycles. The number of rotatable bonds is 7. The third-order valence-corrected chi connectivity index (χ3v) is 8.62. The van der Waals surface area contributed by atoms with Crippen LogP contribution in [0.25, 0.3) is 0 Å². The molecule has 7 nitrogen and oxygen atoms in total. The van der Waals surface area contributed by atoms with E-state index in [-0.39, 0.29) is 16.8 Å². The number of carbonyl (C=O) groups is 1. The van der Waals surface area contributed by atoms with Crippen LogP contribution in [-0.2, 0) is 34.1 Å². The van der Waals surface area contributed by atoms with E-state index in [0.29, 0.717) is 44.8 Å². The molecule has 2 aromatic rings. The van der Waals surface area contributed by atoms with Gasteiger partial charge in [-0.25, -0.2) is 8.42 Å². The Morgan fingerprint density at radius 2 is 1.82 bits per heavy atom. The predicted molar refractivity (Wildman–Crippen MR) is 128 cm³/mol. The number of benzene rings is 2. The molecule has 0 aromatic heterocycles. The lowest BCUT2D eigenvalue weighted by molar-refractivity contribution is 0.0730. The van der Waals surface area contributed by atoms with E-state index in [2.05, 4.69) is 41.4 Å². The van der Waals surface area contributed by atoms with Crippen molar-refractivity contribution in [3.8, 4) is 0 Å². The molecular weight excluding hydrogens is 438 g/mol. The molecule has 178 valence electrons. The minimum atomic E-state index is -3.67. The van der Waals surface area contributed by atoms with Crippen LogP contribution < -0.4 is 5.32 Å². The number of sulfonamides is 1.